The highest BCUT2D eigenvalue weighted by molar-refractivity contribution is 5.89. The van der Waals surface area contributed by atoms with Crippen LogP contribution in [0.2, 0.25) is 0 Å². The minimum absolute atomic E-state index is 0.261. The molecule has 0 fully saturated rings. The summed E-state index contributed by atoms with van der Waals surface area (Å²) in [7, 11) is 1.62. The van der Waals surface area contributed by atoms with Gasteiger partial charge < -0.3 is 9.84 Å². The van der Waals surface area contributed by atoms with Crippen LogP contribution in [0.25, 0.3) is 10.8 Å². The summed E-state index contributed by atoms with van der Waals surface area (Å²) in [4.78, 5) is 0. The van der Waals surface area contributed by atoms with Crippen LogP contribution >= 0.6 is 0 Å². The summed E-state index contributed by atoms with van der Waals surface area (Å²) in [5, 5.41) is 11.3. The number of aromatic hydroxyl groups is 1. The summed E-state index contributed by atoms with van der Waals surface area (Å²) in [5.74, 6) is 1.05. The summed E-state index contributed by atoms with van der Waals surface area (Å²) in [6, 6.07) is 11.0. The van der Waals surface area contributed by atoms with E-state index in [2.05, 4.69) is 0 Å². The van der Waals surface area contributed by atoms with E-state index >= 15 is 0 Å². The molecule has 0 spiro atoms. The fourth-order valence-electron chi connectivity index (χ4n) is 1.41. The van der Waals surface area contributed by atoms with Gasteiger partial charge in [0, 0.05) is 5.39 Å². The Balaban J connectivity index is 2.79. The van der Waals surface area contributed by atoms with Crippen molar-refractivity contribution in [2.45, 2.75) is 0 Å². The lowest BCUT2D eigenvalue weighted by atomic mass is 10.1. The molecule has 2 nitrogen and oxygen atoms in total. The molecule has 0 unspecified atom stereocenters. The van der Waals surface area contributed by atoms with Gasteiger partial charge in [-0.3, -0.25) is 0 Å². The SMILES string of the molecule is COc1cccc2ccc(O)cc12. The molecule has 0 radical (unpaired) electrons. The molecule has 0 saturated carbocycles. The molecule has 2 heteroatoms. The van der Waals surface area contributed by atoms with Crippen molar-refractivity contribution in [2.75, 3.05) is 7.11 Å². The van der Waals surface area contributed by atoms with Gasteiger partial charge in [0.1, 0.15) is 11.5 Å². The number of phenols is 1. The summed E-state index contributed by atoms with van der Waals surface area (Å²) in [6.07, 6.45) is 0. The smallest absolute Gasteiger partial charge is 0.126 e. The number of hydrogen-bond acceptors (Lipinski definition) is 2. The van der Waals surface area contributed by atoms with Crippen LogP contribution in [0.15, 0.2) is 36.4 Å². The number of fused-ring (bicyclic) bond motifs is 1. The van der Waals surface area contributed by atoms with Gasteiger partial charge in [-0.25, -0.2) is 0 Å². The van der Waals surface area contributed by atoms with Crippen LogP contribution in [-0.4, -0.2) is 12.2 Å². The van der Waals surface area contributed by atoms with Crippen molar-refractivity contribution in [3.05, 3.63) is 36.4 Å². The second-order valence-electron chi connectivity index (χ2n) is 2.87. The van der Waals surface area contributed by atoms with Crippen LogP contribution in [0.4, 0.5) is 0 Å². The Hall–Kier alpha value is -1.70. The second-order valence-corrected chi connectivity index (χ2v) is 2.87. The summed E-state index contributed by atoms with van der Waals surface area (Å²) in [6.45, 7) is 0. The van der Waals surface area contributed by atoms with Gasteiger partial charge in [-0.15, -0.1) is 0 Å². The van der Waals surface area contributed by atoms with Gasteiger partial charge in [-0.2, -0.15) is 0 Å². The first-order valence-electron chi connectivity index (χ1n) is 4.07. The third kappa shape index (κ3) is 1.31. The molecule has 0 heterocycles. The van der Waals surface area contributed by atoms with Crippen molar-refractivity contribution < 1.29 is 9.84 Å². The summed E-state index contributed by atoms with van der Waals surface area (Å²) in [5.41, 5.74) is 0. The van der Waals surface area contributed by atoms with E-state index in [1.54, 1.807) is 19.2 Å². The van der Waals surface area contributed by atoms with Gasteiger partial charge >= 0.3 is 0 Å². The first kappa shape index (κ1) is 7.92. The zero-order valence-electron chi connectivity index (χ0n) is 7.32. The molecule has 0 saturated heterocycles. The lowest BCUT2D eigenvalue weighted by molar-refractivity contribution is 0.419. The Morgan fingerprint density at radius 1 is 1.15 bits per heavy atom. The number of rotatable bonds is 1. The maximum Gasteiger partial charge on any atom is 0.126 e. The number of phenolic OH excluding ortho intramolecular Hbond substituents is 1. The monoisotopic (exact) mass is 174 g/mol. The van der Waals surface area contributed by atoms with Crippen molar-refractivity contribution in [3.63, 3.8) is 0 Å². The molecule has 2 aromatic rings. The van der Waals surface area contributed by atoms with Crippen molar-refractivity contribution in [2.24, 2.45) is 0 Å². The molecule has 66 valence electrons. The molecule has 2 aromatic carbocycles. The Bertz CT molecular complexity index is 435. The predicted octanol–water partition coefficient (Wildman–Crippen LogP) is 2.55. The standard InChI is InChI=1S/C11H10O2/c1-13-11-4-2-3-8-5-6-9(12)7-10(8)11/h2-7,12H,1H3. The minimum Gasteiger partial charge on any atom is -0.508 e. The van der Waals surface area contributed by atoms with Gasteiger partial charge in [0.25, 0.3) is 0 Å². The van der Waals surface area contributed by atoms with Gasteiger partial charge in [-0.05, 0) is 23.6 Å². The van der Waals surface area contributed by atoms with Gasteiger partial charge in [0.2, 0.25) is 0 Å². The van der Waals surface area contributed by atoms with E-state index in [1.807, 2.05) is 24.3 Å². The predicted molar refractivity (Wildman–Crippen MR) is 52.2 cm³/mol. The highest BCUT2D eigenvalue weighted by Crippen LogP contribution is 2.28. The number of benzene rings is 2. The molecule has 2 rings (SSSR count). The van der Waals surface area contributed by atoms with E-state index in [0.29, 0.717) is 0 Å². The average Bonchev–Trinajstić information content (AvgIpc) is 2.17. The largest absolute Gasteiger partial charge is 0.508 e. The Labute approximate surface area is 76.4 Å². The molecule has 0 amide bonds. The highest BCUT2D eigenvalue weighted by atomic mass is 16.5. The second kappa shape index (κ2) is 2.98. The number of ether oxygens (including phenoxy) is 1. The van der Waals surface area contributed by atoms with E-state index in [9.17, 15) is 5.11 Å². The Morgan fingerprint density at radius 3 is 2.77 bits per heavy atom. The van der Waals surface area contributed by atoms with E-state index < -0.39 is 0 Å². The van der Waals surface area contributed by atoms with Crippen molar-refractivity contribution >= 4 is 10.8 Å². The first-order chi connectivity index (χ1) is 6.31. The summed E-state index contributed by atoms with van der Waals surface area (Å²) >= 11 is 0. The third-order valence-electron chi connectivity index (χ3n) is 2.05. The number of hydrogen-bond donors (Lipinski definition) is 1. The van der Waals surface area contributed by atoms with Crippen LogP contribution in [-0.2, 0) is 0 Å². The fourth-order valence-corrected chi connectivity index (χ4v) is 1.41. The van der Waals surface area contributed by atoms with Crippen LogP contribution in [0.1, 0.15) is 0 Å². The zero-order valence-corrected chi connectivity index (χ0v) is 7.32. The quantitative estimate of drug-likeness (QED) is 0.719. The van der Waals surface area contributed by atoms with Crippen LogP contribution in [0, 0.1) is 0 Å². The minimum atomic E-state index is 0.261. The highest BCUT2D eigenvalue weighted by Gasteiger charge is 2.00. The molecule has 0 aliphatic carbocycles. The molecular formula is C11H10O2. The van der Waals surface area contributed by atoms with E-state index in [4.69, 9.17) is 4.74 Å². The fraction of sp³-hybridized carbons (Fsp3) is 0.0909. The average molecular weight is 174 g/mol. The molecular weight excluding hydrogens is 164 g/mol. The normalized spacial score (nSPS) is 10.2. The maximum absolute atomic E-state index is 9.29. The topological polar surface area (TPSA) is 29.5 Å². The van der Waals surface area contributed by atoms with Crippen LogP contribution in [0.5, 0.6) is 11.5 Å². The van der Waals surface area contributed by atoms with Gasteiger partial charge in [-0.1, -0.05) is 18.2 Å². The van der Waals surface area contributed by atoms with E-state index in [-0.39, 0.29) is 5.75 Å². The zero-order chi connectivity index (χ0) is 9.26. The van der Waals surface area contributed by atoms with E-state index in [1.165, 1.54) is 0 Å². The molecule has 0 aliphatic rings. The lowest BCUT2D eigenvalue weighted by Gasteiger charge is -2.04. The lowest BCUT2D eigenvalue weighted by Crippen LogP contribution is -1.83. The van der Waals surface area contributed by atoms with Crippen LogP contribution < -0.4 is 4.74 Å². The Morgan fingerprint density at radius 2 is 2.00 bits per heavy atom. The molecule has 13 heavy (non-hydrogen) atoms. The molecule has 0 aromatic heterocycles. The van der Waals surface area contributed by atoms with E-state index in [0.717, 1.165) is 16.5 Å². The Kier molecular flexibility index (Phi) is 1.81. The third-order valence-corrected chi connectivity index (χ3v) is 2.05. The van der Waals surface area contributed by atoms with Crippen molar-refractivity contribution in [3.8, 4) is 11.5 Å². The van der Waals surface area contributed by atoms with Gasteiger partial charge in [0.05, 0.1) is 7.11 Å². The summed E-state index contributed by atoms with van der Waals surface area (Å²) < 4.78 is 5.17. The maximum atomic E-state index is 9.29. The van der Waals surface area contributed by atoms with Crippen molar-refractivity contribution in [1.29, 1.82) is 0 Å². The first-order valence-corrected chi connectivity index (χ1v) is 4.07. The molecule has 1 N–H and O–H groups in total. The van der Waals surface area contributed by atoms with Crippen molar-refractivity contribution in [1.82, 2.24) is 0 Å². The number of methoxy groups -OCH3 is 1. The van der Waals surface area contributed by atoms with Gasteiger partial charge in [0.15, 0.2) is 0 Å². The molecule has 0 bridgehead atoms. The molecule has 0 atom stereocenters. The van der Waals surface area contributed by atoms with Crippen LogP contribution in [0.3, 0.4) is 0 Å². The molecule has 0 aliphatic heterocycles.